The highest BCUT2D eigenvalue weighted by molar-refractivity contribution is 7.96. The molecule has 0 amide bonds. The van der Waals surface area contributed by atoms with Gasteiger partial charge in [-0.15, -0.1) is 0 Å². The van der Waals surface area contributed by atoms with Gasteiger partial charge in [0.2, 0.25) is 0 Å². The molecule has 0 aliphatic rings. The molecule has 0 aromatic heterocycles. The Hall–Kier alpha value is -2.15. The molecule has 0 N–H and O–H groups in total. The molecule has 3 aromatic rings. The number of rotatable bonds is 7. The lowest BCUT2D eigenvalue weighted by atomic mass is 9.86. The molecule has 0 aliphatic carbocycles. The van der Waals surface area contributed by atoms with Crippen molar-refractivity contribution in [1.29, 1.82) is 0 Å². The predicted octanol–water partition coefficient (Wildman–Crippen LogP) is 6.09. The summed E-state index contributed by atoms with van der Waals surface area (Å²) in [6.45, 7) is 15.4. The van der Waals surface area contributed by atoms with Crippen LogP contribution in [0.2, 0.25) is 13.1 Å². The monoisotopic (exact) mass is 432 g/mol. The van der Waals surface area contributed by atoms with E-state index in [1.807, 2.05) is 0 Å². The van der Waals surface area contributed by atoms with Crippen LogP contribution in [0.4, 0.5) is 0 Å². The lowest BCUT2D eigenvalue weighted by molar-refractivity contribution is 0.524. The molecule has 0 bridgehead atoms. The average Bonchev–Trinajstić information content (AvgIpc) is 2.72. The second kappa shape index (κ2) is 9.33. The standard InChI is InChI=1S/C27H33OPSi/c1-7-21-29(22-15-10-8-11-16-22,23-17-12-9-13-18-23)25-20-14-19-24(27(2,3)4)26(25)28-30(5)6/h7-20H,1,21H2,2-6H3/q+1. The quantitative estimate of drug-likeness (QED) is 0.249. The summed E-state index contributed by atoms with van der Waals surface area (Å²) in [7, 11) is -2.91. The Balaban J connectivity index is 2.45. The molecule has 1 nitrogen and oxygen atoms in total. The van der Waals surface area contributed by atoms with Gasteiger partial charge < -0.3 is 4.43 Å². The summed E-state index contributed by atoms with van der Waals surface area (Å²) in [5.74, 6) is 1.09. The van der Waals surface area contributed by atoms with Crippen molar-refractivity contribution in [2.24, 2.45) is 0 Å². The first-order valence-electron chi connectivity index (χ1n) is 10.5. The van der Waals surface area contributed by atoms with E-state index < -0.39 is 16.3 Å². The molecule has 3 heteroatoms. The van der Waals surface area contributed by atoms with E-state index in [-0.39, 0.29) is 5.41 Å². The van der Waals surface area contributed by atoms with E-state index >= 15 is 0 Å². The van der Waals surface area contributed by atoms with Crippen molar-refractivity contribution in [3.63, 3.8) is 0 Å². The van der Waals surface area contributed by atoms with Crippen LogP contribution in [0.1, 0.15) is 26.3 Å². The molecule has 0 unspecified atom stereocenters. The summed E-state index contributed by atoms with van der Waals surface area (Å²) >= 11 is 0. The van der Waals surface area contributed by atoms with Gasteiger partial charge in [0.15, 0.2) is 5.75 Å². The van der Waals surface area contributed by atoms with Crippen LogP contribution in [-0.4, -0.2) is 15.2 Å². The fraction of sp³-hybridized carbons (Fsp3) is 0.259. The second-order valence-corrected chi connectivity index (χ2v) is 14.4. The van der Waals surface area contributed by atoms with E-state index in [2.05, 4.69) is 125 Å². The van der Waals surface area contributed by atoms with Crippen molar-refractivity contribution in [3.8, 4) is 5.75 Å². The van der Waals surface area contributed by atoms with Gasteiger partial charge in [0.25, 0.3) is 9.04 Å². The molecule has 0 fully saturated rings. The minimum Gasteiger partial charge on any atom is -0.540 e. The first-order valence-corrected chi connectivity index (χ1v) is 14.9. The van der Waals surface area contributed by atoms with E-state index in [9.17, 15) is 0 Å². The van der Waals surface area contributed by atoms with Crippen LogP contribution in [0.15, 0.2) is 91.5 Å². The molecule has 30 heavy (non-hydrogen) atoms. The molecule has 0 heterocycles. The highest BCUT2D eigenvalue weighted by Crippen LogP contribution is 2.58. The lowest BCUT2D eigenvalue weighted by Crippen LogP contribution is -2.36. The highest BCUT2D eigenvalue weighted by Gasteiger charge is 2.47. The molecule has 0 saturated heterocycles. The molecule has 0 saturated carbocycles. The van der Waals surface area contributed by atoms with E-state index in [4.69, 9.17) is 4.43 Å². The van der Waals surface area contributed by atoms with Gasteiger partial charge in [0.1, 0.15) is 23.2 Å². The maximum absolute atomic E-state index is 6.69. The summed E-state index contributed by atoms with van der Waals surface area (Å²) in [5, 5.41) is 4.07. The largest absolute Gasteiger partial charge is 0.540 e. The minimum absolute atomic E-state index is 0.000124. The highest BCUT2D eigenvalue weighted by atomic mass is 31.2. The van der Waals surface area contributed by atoms with Crippen LogP contribution in [-0.2, 0) is 5.41 Å². The topological polar surface area (TPSA) is 9.23 Å². The van der Waals surface area contributed by atoms with Crippen molar-refractivity contribution in [3.05, 3.63) is 97.1 Å². The van der Waals surface area contributed by atoms with Gasteiger partial charge >= 0.3 is 0 Å². The van der Waals surface area contributed by atoms with E-state index in [1.54, 1.807) is 0 Å². The Morgan fingerprint density at radius 3 is 1.80 bits per heavy atom. The van der Waals surface area contributed by atoms with Crippen LogP contribution in [0.5, 0.6) is 5.75 Å². The fourth-order valence-electron chi connectivity index (χ4n) is 4.02. The zero-order valence-corrected chi connectivity index (χ0v) is 20.7. The van der Waals surface area contributed by atoms with E-state index in [0.29, 0.717) is 0 Å². The molecule has 155 valence electrons. The summed E-state index contributed by atoms with van der Waals surface area (Å²) in [5.41, 5.74) is 1.28. The van der Waals surface area contributed by atoms with Crippen LogP contribution in [0, 0.1) is 0 Å². The van der Waals surface area contributed by atoms with Crippen LogP contribution >= 0.6 is 7.26 Å². The van der Waals surface area contributed by atoms with Gasteiger partial charge in [-0.05, 0) is 48.8 Å². The summed E-state index contributed by atoms with van der Waals surface area (Å²) in [6, 6.07) is 28.7. The maximum atomic E-state index is 6.69. The average molecular weight is 433 g/mol. The molecule has 0 aliphatic heterocycles. The van der Waals surface area contributed by atoms with Crippen LogP contribution < -0.4 is 20.3 Å². The molecule has 0 spiro atoms. The lowest BCUT2D eigenvalue weighted by Gasteiger charge is -2.32. The Morgan fingerprint density at radius 1 is 0.833 bits per heavy atom. The van der Waals surface area contributed by atoms with Crippen LogP contribution in [0.3, 0.4) is 0 Å². The number of hydrogen-bond acceptors (Lipinski definition) is 1. The van der Waals surface area contributed by atoms with Gasteiger partial charge in [0, 0.05) is 5.56 Å². The molecular weight excluding hydrogens is 399 g/mol. The van der Waals surface area contributed by atoms with Gasteiger partial charge in [-0.25, -0.2) is 0 Å². The summed E-state index contributed by atoms with van der Waals surface area (Å²) in [4.78, 5) is 0. The van der Waals surface area contributed by atoms with E-state index in [1.165, 1.54) is 21.5 Å². The zero-order valence-electron chi connectivity index (χ0n) is 18.9. The third-order valence-electron chi connectivity index (χ3n) is 5.32. The van der Waals surface area contributed by atoms with Crippen molar-refractivity contribution in [2.75, 3.05) is 6.16 Å². The fourth-order valence-corrected chi connectivity index (χ4v) is 8.81. The number of benzene rings is 3. The summed E-state index contributed by atoms with van der Waals surface area (Å²) < 4.78 is 6.69. The first-order chi connectivity index (χ1) is 14.3. The predicted molar refractivity (Wildman–Crippen MR) is 137 cm³/mol. The molecule has 3 rings (SSSR count). The van der Waals surface area contributed by atoms with Crippen molar-refractivity contribution in [1.82, 2.24) is 0 Å². The van der Waals surface area contributed by atoms with Crippen molar-refractivity contribution < 1.29 is 4.43 Å². The molecular formula is C27H33OPSi+. The first kappa shape index (κ1) is 22.5. The van der Waals surface area contributed by atoms with Gasteiger partial charge in [0.05, 0.1) is 6.16 Å². The van der Waals surface area contributed by atoms with E-state index in [0.717, 1.165) is 11.9 Å². The van der Waals surface area contributed by atoms with Crippen molar-refractivity contribution >= 4 is 32.2 Å². The second-order valence-electron chi connectivity index (χ2n) is 8.87. The third-order valence-corrected chi connectivity index (χ3v) is 10.3. The van der Waals surface area contributed by atoms with Gasteiger partial charge in [-0.3, -0.25) is 0 Å². The Bertz CT molecular complexity index is 935. The third kappa shape index (κ3) is 4.46. The maximum Gasteiger partial charge on any atom is 0.274 e. The Morgan fingerprint density at radius 2 is 1.37 bits per heavy atom. The summed E-state index contributed by atoms with van der Waals surface area (Å²) in [6.07, 6.45) is 2.99. The smallest absolute Gasteiger partial charge is 0.274 e. The number of allylic oxidation sites excluding steroid dienone is 1. The molecule has 1 radical (unpaired) electrons. The normalized spacial score (nSPS) is 12.1. The Labute approximate surface area is 184 Å². The van der Waals surface area contributed by atoms with Gasteiger partial charge in [-0.1, -0.05) is 82.0 Å². The zero-order chi connectivity index (χ0) is 21.8. The number of hydrogen-bond donors (Lipinski definition) is 0. The van der Waals surface area contributed by atoms with Crippen molar-refractivity contribution in [2.45, 2.75) is 39.3 Å². The van der Waals surface area contributed by atoms with Gasteiger partial charge in [-0.2, -0.15) is 0 Å². The Kier molecular flexibility index (Phi) is 7.01. The molecule has 3 aromatic carbocycles. The number of para-hydroxylation sites is 1. The van der Waals surface area contributed by atoms with Crippen LogP contribution in [0.25, 0.3) is 0 Å². The minimum atomic E-state index is -1.97. The molecule has 0 atom stereocenters. The SMILES string of the molecule is C=CC[P+](c1ccccc1)(c1ccccc1)c1cccc(C(C)(C)C)c1O[Si](C)C.